The lowest BCUT2D eigenvalue weighted by Gasteiger charge is -2.39. The Labute approximate surface area is 145 Å². The summed E-state index contributed by atoms with van der Waals surface area (Å²) < 4.78 is 176. The van der Waals surface area contributed by atoms with Gasteiger partial charge in [-0.25, -0.2) is 0 Å². The molecule has 2 nitrogen and oxygen atoms in total. The molecule has 0 fully saturated rings. The minimum absolute atomic E-state index is 0.966. The molecule has 0 aromatic carbocycles. The molecular weight excluding hydrogens is 439 g/mol. The molecule has 0 aliphatic heterocycles. The smallest absolute Gasteiger partial charge is 0.360 e. The van der Waals surface area contributed by atoms with E-state index in [1.807, 2.05) is 0 Å². The normalized spacial score (nSPS) is 16.0. The van der Waals surface area contributed by atoms with Gasteiger partial charge >= 0.3 is 35.8 Å². The van der Waals surface area contributed by atoms with E-state index in [-0.39, 0.29) is 0 Å². The van der Waals surface area contributed by atoms with Gasteiger partial charge in [0.05, 0.1) is 9.52 Å². The Hall–Kier alpha value is -0.773. The second-order valence-electron chi connectivity index (χ2n) is 5.29. The number of ether oxygens (including phenoxy) is 2. The van der Waals surface area contributed by atoms with Gasteiger partial charge in [0, 0.05) is 20.6 Å². The lowest BCUT2D eigenvalue weighted by molar-refractivity contribution is -0.439. The zero-order valence-electron chi connectivity index (χ0n) is 13.4. The fourth-order valence-corrected chi connectivity index (χ4v) is 3.23. The summed E-state index contributed by atoms with van der Waals surface area (Å²) in [6.07, 6.45) is -9.60. The van der Waals surface area contributed by atoms with Crippen molar-refractivity contribution in [2.75, 3.05) is 14.2 Å². The van der Waals surface area contributed by atoms with Gasteiger partial charge in [-0.15, -0.1) is 0 Å². The lowest BCUT2D eigenvalue weighted by atomic mass is 9.93. The number of hydrogen-bond acceptors (Lipinski definition) is 2. The largest absolute Gasteiger partial charge is 0.460 e. The third kappa shape index (κ3) is 4.46. The number of alkyl halides is 13. The highest BCUT2D eigenvalue weighted by Gasteiger charge is 2.90. The van der Waals surface area contributed by atoms with Crippen molar-refractivity contribution >= 4 is 9.52 Å². The molecule has 0 N–H and O–H groups in total. The highest BCUT2D eigenvalue weighted by atomic mass is 28.2. The van der Waals surface area contributed by atoms with E-state index in [4.69, 9.17) is 0 Å². The molecule has 0 saturated carbocycles. The van der Waals surface area contributed by atoms with Crippen LogP contribution >= 0.6 is 0 Å². The van der Waals surface area contributed by atoms with Gasteiger partial charge in [-0.05, 0) is 0 Å². The Balaban J connectivity index is 5.74. The second-order valence-corrected chi connectivity index (χ2v) is 7.24. The molecule has 27 heavy (non-hydrogen) atoms. The first kappa shape index (κ1) is 26.2. The van der Waals surface area contributed by atoms with Crippen molar-refractivity contribution in [2.45, 2.75) is 54.2 Å². The van der Waals surface area contributed by atoms with Crippen LogP contribution in [0.2, 0.25) is 6.04 Å². The quantitative estimate of drug-likeness (QED) is 0.280. The molecule has 0 saturated heterocycles. The van der Waals surface area contributed by atoms with Gasteiger partial charge in [0.1, 0.15) is 5.91 Å². The van der Waals surface area contributed by atoms with Crippen LogP contribution in [-0.2, 0) is 9.47 Å². The van der Waals surface area contributed by atoms with Crippen LogP contribution in [0.3, 0.4) is 0 Å². The molecule has 0 aromatic heterocycles. The Morgan fingerprint density at radius 3 is 1.33 bits per heavy atom. The SMILES string of the molecule is COC(OC)[SiH2]CCC(F)(F)C(F)(F)C(F)(F)C(F)(F)C(F)(F)C(F)(F)F. The molecule has 0 bridgehead atoms. The molecule has 0 unspecified atom stereocenters. The van der Waals surface area contributed by atoms with Crippen molar-refractivity contribution in [3.63, 3.8) is 0 Å². The van der Waals surface area contributed by atoms with Crippen LogP contribution in [-0.4, -0.2) is 65.4 Å². The zero-order chi connectivity index (χ0) is 22.1. The van der Waals surface area contributed by atoms with Crippen LogP contribution in [0.25, 0.3) is 0 Å². The average molecular weight is 452 g/mol. The molecule has 164 valence electrons. The van der Waals surface area contributed by atoms with Crippen molar-refractivity contribution in [3.8, 4) is 0 Å². The predicted molar refractivity (Wildman–Crippen MR) is 66.6 cm³/mol. The molecule has 0 heterocycles. The van der Waals surface area contributed by atoms with Crippen molar-refractivity contribution < 1.29 is 66.5 Å². The number of halogens is 13. The van der Waals surface area contributed by atoms with E-state index in [2.05, 4.69) is 9.47 Å². The first-order valence-electron chi connectivity index (χ1n) is 6.76. The minimum atomic E-state index is -7.86. The van der Waals surface area contributed by atoms with E-state index in [1.165, 1.54) is 0 Å². The predicted octanol–water partition coefficient (Wildman–Crippen LogP) is 4.28. The summed E-state index contributed by atoms with van der Waals surface area (Å²) in [6.45, 7) is 0. The summed E-state index contributed by atoms with van der Waals surface area (Å²) in [5, 5.41) is 0. The zero-order valence-corrected chi connectivity index (χ0v) is 14.8. The van der Waals surface area contributed by atoms with Gasteiger partial charge in [-0.3, -0.25) is 0 Å². The van der Waals surface area contributed by atoms with E-state index in [0.717, 1.165) is 14.2 Å². The maximum absolute atomic E-state index is 13.4. The highest BCUT2D eigenvalue weighted by molar-refractivity contribution is 6.36. The van der Waals surface area contributed by atoms with E-state index < -0.39 is 63.7 Å². The Bertz CT molecular complexity index is 487. The van der Waals surface area contributed by atoms with Crippen molar-refractivity contribution in [1.29, 1.82) is 0 Å². The second kappa shape index (κ2) is 7.92. The Kier molecular flexibility index (Phi) is 7.70. The van der Waals surface area contributed by atoms with Gasteiger partial charge < -0.3 is 9.47 Å². The summed E-state index contributed by atoms with van der Waals surface area (Å²) in [7, 11) is 0.0728. The molecule has 0 atom stereocenters. The summed E-state index contributed by atoms with van der Waals surface area (Å²) in [6, 6.07) is -0.966. The third-order valence-corrected chi connectivity index (χ3v) is 5.35. The number of rotatable bonds is 10. The average Bonchev–Trinajstić information content (AvgIpc) is 2.49. The van der Waals surface area contributed by atoms with Crippen LogP contribution in [0, 0.1) is 0 Å². The van der Waals surface area contributed by atoms with Crippen LogP contribution < -0.4 is 0 Å². The van der Waals surface area contributed by atoms with Crippen LogP contribution in [0.5, 0.6) is 0 Å². The van der Waals surface area contributed by atoms with Gasteiger partial charge in [-0.1, -0.05) is 6.04 Å². The Morgan fingerprint density at radius 2 is 1.00 bits per heavy atom. The Morgan fingerprint density at radius 1 is 0.630 bits per heavy atom. The maximum atomic E-state index is 13.4. The van der Waals surface area contributed by atoms with Crippen LogP contribution in [0.1, 0.15) is 6.42 Å². The van der Waals surface area contributed by atoms with Gasteiger partial charge in [-0.2, -0.15) is 57.1 Å². The molecular formula is C11H13F13O2Si. The third-order valence-electron chi connectivity index (χ3n) is 3.45. The number of methoxy groups -OCH3 is 2. The van der Waals surface area contributed by atoms with Crippen molar-refractivity contribution in [2.24, 2.45) is 0 Å². The van der Waals surface area contributed by atoms with Crippen molar-refractivity contribution in [1.82, 2.24) is 0 Å². The molecule has 0 rings (SSSR count). The molecule has 0 spiro atoms. The van der Waals surface area contributed by atoms with Gasteiger partial charge in [0.15, 0.2) is 0 Å². The first-order chi connectivity index (χ1) is 11.7. The first-order valence-corrected chi connectivity index (χ1v) is 8.57. The molecule has 0 aliphatic rings. The molecule has 0 amide bonds. The fourth-order valence-electron chi connectivity index (χ4n) is 1.78. The molecule has 0 aromatic rings. The highest BCUT2D eigenvalue weighted by Crippen LogP contribution is 2.60. The van der Waals surface area contributed by atoms with E-state index in [0.29, 0.717) is 0 Å². The van der Waals surface area contributed by atoms with Gasteiger partial charge in [0.2, 0.25) is 0 Å². The monoisotopic (exact) mass is 452 g/mol. The maximum Gasteiger partial charge on any atom is 0.460 e. The topological polar surface area (TPSA) is 18.5 Å². The van der Waals surface area contributed by atoms with Crippen molar-refractivity contribution in [3.05, 3.63) is 0 Å². The van der Waals surface area contributed by atoms with Gasteiger partial charge in [0.25, 0.3) is 0 Å². The summed E-state index contributed by atoms with van der Waals surface area (Å²) in [5.41, 5.74) is 0. The van der Waals surface area contributed by atoms with E-state index in [9.17, 15) is 57.1 Å². The minimum Gasteiger partial charge on any atom is -0.360 e. The molecule has 0 aliphatic carbocycles. The standard InChI is InChI=1S/C11H13F13O2Si/c1-25-5(26-2)27-4-3-6(12,13)7(14,15)8(16,17)9(18,19)10(20,21)11(22,23)24/h5H,3-4,27H2,1-2H3. The fraction of sp³-hybridized carbons (Fsp3) is 1.00. The summed E-state index contributed by atoms with van der Waals surface area (Å²) in [5.74, 6) is -37.7. The molecule has 0 radical (unpaired) electrons. The van der Waals surface area contributed by atoms with E-state index in [1.54, 1.807) is 0 Å². The summed E-state index contributed by atoms with van der Waals surface area (Å²) in [4.78, 5) is 0. The lowest BCUT2D eigenvalue weighted by Crippen LogP contribution is -2.70. The number of hydrogen-bond donors (Lipinski definition) is 0. The van der Waals surface area contributed by atoms with Crippen LogP contribution in [0.15, 0.2) is 0 Å². The van der Waals surface area contributed by atoms with Crippen LogP contribution in [0.4, 0.5) is 57.1 Å². The summed E-state index contributed by atoms with van der Waals surface area (Å²) >= 11 is 0. The molecule has 16 heteroatoms. The van der Waals surface area contributed by atoms with E-state index >= 15 is 0 Å².